The largest absolute Gasteiger partial charge is 0.358 e. The summed E-state index contributed by atoms with van der Waals surface area (Å²) >= 11 is 0. The Labute approximate surface area is 77.0 Å². The van der Waals surface area contributed by atoms with E-state index in [4.69, 9.17) is 5.26 Å². The van der Waals surface area contributed by atoms with E-state index in [0.717, 1.165) is 5.56 Å². The SMILES string of the molecule is CNC(=O)C(C#N)c1ccccc1. The zero-order valence-corrected chi connectivity index (χ0v) is 7.32. The summed E-state index contributed by atoms with van der Waals surface area (Å²) in [6, 6.07) is 11.0. The average Bonchev–Trinajstić information content (AvgIpc) is 2.20. The summed E-state index contributed by atoms with van der Waals surface area (Å²) in [6.07, 6.45) is 0. The summed E-state index contributed by atoms with van der Waals surface area (Å²) in [5, 5.41) is 11.2. The number of nitrogens with zero attached hydrogens (tertiary/aromatic N) is 1. The molecule has 1 aromatic carbocycles. The van der Waals surface area contributed by atoms with E-state index in [1.165, 1.54) is 7.05 Å². The first-order valence-electron chi connectivity index (χ1n) is 3.95. The van der Waals surface area contributed by atoms with Crippen LogP contribution in [0, 0.1) is 11.3 Å². The first kappa shape index (κ1) is 9.27. The van der Waals surface area contributed by atoms with Crippen LogP contribution in [-0.2, 0) is 4.79 Å². The normalized spacial score (nSPS) is 11.4. The second-order valence-corrected chi connectivity index (χ2v) is 2.59. The quantitative estimate of drug-likeness (QED) is 0.728. The molecule has 13 heavy (non-hydrogen) atoms. The first-order chi connectivity index (χ1) is 6.29. The predicted molar refractivity (Wildman–Crippen MR) is 48.9 cm³/mol. The van der Waals surface area contributed by atoms with Crippen molar-refractivity contribution in [3.63, 3.8) is 0 Å². The van der Waals surface area contributed by atoms with Crippen molar-refractivity contribution in [3.8, 4) is 6.07 Å². The molecule has 0 fully saturated rings. The number of hydrogen-bond acceptors (Lipinski definition) is 2. The smallest absolute Gasteiger partial charge is 0.241 e. The molecular formula is C10H10N2O. The van der Waals surface area contributed by atoms with E-state index in [1.807, 2.05) is 24.3 Å². The van der Waals surface area contributed by atoms with E-state index in [2.05, 4.69) is 5.32 Å². The minimum Gasteiger partial charge on any atom is -0.358 e. The van der Waals surface area contributed by atoms with Gasteiger partial charge in [-0.05, 0) is 5.56 Å². The van der Waals surface area contributed by atoms with Crippen molar-refractivity contribution < 1.29 is 4.79 Å². The van der Waals surface area contributed by atoms with Gasteiger partial charge in [-0.1, -0.05) is 30.3 Å². The fourth-order valence-electron chi connectivity index (χ4n) is 1.07. The van der Waals surface area contributed by atoms with Crippen molar-refractivity contribution >= 4 is 5.91 Å². The molecule has 0 aliphatic carbocycles. The molecule has 1 aromatic rings. The van der Waals surface area contributed by atoms with E-state index in [0.29, 0.717) is 0 Å². The number of carbonyl (C=O) groups excluding carboxylic acids is 1. The second kappa shape index (κ2) is 4.27. The second-order valence-electron chi connectivity index (χ2n) is 2.59. The Morgan fingerprint density at radius 1 is 1.46 bits per heavy atom. The summed E-state index contributed by atoms with van der Waals surface area (Å²) in [5.74, 6) is -0.972. The fourth-order valence-corrected chi connectivity index (χ4v) is 1.07. The summed E-state index contributed by atoms with van der Waals surface area (Å²) in [6.45, 7) is 0. The fraction of sp³-hybridized carbons (Fsp3) is 0.200. The molecule has 1 rings (SSSR count). The van der Waals surface area contributed by atoms with Crippen molar-refractivity contribution in [1.82, 2.24) is 5.32 Å². The third-order valence-corrected chi connectivity index (χ3v) is 1.77. The summed E-state index contributed by atoms with van der Waals surface area (Å²) < 4.78 is 0. The number of hydrogen-bond donors (Lipinski definition) is 1. The van der Waals surface area contributed by atoms with Gasteiger partial charge in [0.15, 0.2) is 0 Å². The monoisotopic (exact) mass is 174 g/mol. The molecule has 0 radical (unpaired) electrons. The maximum absolute atomic E-state index is 11.2. The zero-order chi connectivity index (χ0) is 9.68. The van der Waals surface area contributed by atoms with E-state index in [1.54, 1.807) is 12.1 Å². The molecule has 0 saturated heterocycles. The van der Waals surface area contributed by atoms with Gasteiger partial charge in [0.05, 0.1) is 6.07 Å². The standard InChI is InChI=1S/C10H10N2O/c1-12-10(13)9(7-11)8-5-3-2-4-6-8/h2-6,9H,1H3,(H,12,13). The van der Waals surface area contributed by atoms with Crippen LogP contribution in [0.5, 0.6) is 0 Å². The Morgan fingerprint density at radius 3 is 2.54 bits per heavy atom. The molecule has 66 valence electrons. The molecule has 0 aliphatic rings. The maximum Gasteiger partial charge on any atom is 0.241 e. The Bertz CT molecular complexity index is 327. The van der Waals surface area contributed by atoms with Gasteiger partial charge in [-0.25, -0.2) is 0 Å². The van der Waals surface area contributed by atoms with Crippen LogP contribution in [0.4, 0.5) is 0 Å². The number of likely N-dealkylation sites (N-methyl/N-ethyl adjacent to an activating group) is 1. The molecular weight excluding hydrogens is 164 g/mol. The number of rotatable bonds is 2. The van der Waals surface area contributed by atoms with Crippen molar-refractivity contribution in [3.05, 3.63) is 35.9 Å². The molecule has 0 aliphatic heterocycles. The number of nitriles is 1. The zero-order valence-electron chi connectivity index (χ0n) is 7.32. The highest BCUT2D eigenvalue weighted by atomic mass is 16.1. The molecule has 3 heteroatoms. The highest BCUT2D eigenvalue weighted by molar-refractivity contribution is 5.86. The van der Waals surface area contributed by atoms with E-state index >= 15 is 0 Å². The molecule has 1 atom stereocenters. The number of amides is 1. The van der Waals surface area contributed by atoms with Crippen molar-refractivity contribution in [1.29, 1.82) is 5.26 Å². The molecule has 0 heterocycles. The molecule has 0 bridgehead atoms. The molecule has 1 N–H and O–H groups in total. The molecule has 1 amide bonds. The summed E-state index contributed by atoms with van der Waals surface area (Å²) in [5.41, 5.74) is 0.726. The van der Waals surface area contributed by atoms with Crippen LogP contribution in [0.3, 0.4) is 0 Å². The van der Waals surface area contributed by atoms with E-state index in [-0.39, 0.29) is 5.91 Å². The molecule has 0 aromatic heterocycles. The number of benzene rings is 1. The minimum absolute atomic E-state index is 0.270. The van der Waals surface area contributed by atoms with Crippen molar-refractivity contribution in [2.24, 2.45) is 0 Å². The van der Waals surface area contributed by atoms with Gasteiger partial charge in [0, 0.05) is 7.05 Å². The van der Waals surface area contributed by atoms with Gasteiger partial charge >= 0.3 is 0 Å². The number of carbonyl (C=O) groups is 1. The van der Waals surface area contributed by atoms with Gasteiger partial charge < -0.3 is 5.32 Å². The summed E-state index contributed by atoms with van der Waals surface area (Å²) in [4.78, 5) is 11.2. The molecule has 0 spiro atoms. The lowest BCUT2D eigenvalue weighted by Crippen LogP contribution is -2.24. The van der Waals surface area contributed by atoms with Gasteiger partial charge in [-0.2, -0.15) is 5.26 Å². The lowest BCUT2D eigenvalue weighted by molar-refractivity contribution is -0.120. The minimum atomic E-state index is -0.703. The van der Waals surface area contributed by atoms with Crippen LogP contribution < -0.4 is 5.32 Å². The van der Waals surface area contributed by atoms with Gasteiger partial charge in [0.2, 0.25) is 5.91 Å². The molecule has 0 saturated carbocycles. The van der Waals surface area contributed by atoms with E-state index in [9.17, 15) is 4.79 Å². The van der Waals surface area contributed by atoms with Gasteiger partial charge in [-0.15, -0.1) is 0 Å². The van der Waals surface area contributed by atoms with Crippen LogP contribution in [0.2, 0.25) is 0 Å². The number of nitrogens with one attached hydrogen (secondary N) is 1. The van der Waals surface area contributed by atoms with Crippen LogP contribution in [-0.4, -0.2) is 13.0 Å². The third kappa shape index (κ3) is 2.06. The Morgan fingerprint density at radius 2 is 2.08 bits per heavy atom. The van der Waals surface area contributed by atoms with Crippen LogP contribution in [0.15, 0.2) is 30.3 Å². The van der Waals surface area contributed by atoms with E-state index < -0.39 is 5.92 Å². The van der Waals surface area contributed by atoms with Crippen molar-refractivity contribution in [2.75, 3.05) is 7.05 Å². The van der Waals surface area contributed by atoms with Gasteiger partial charge in [0.25, 0.3) is 0 Å². The van der Waals surface area contributed by atoms with Crippen LogP contribution in [0.25, 0.3) is 0 Å². The highest BCUT2D eigenvalue weighted by Gasteiger charge is 2.17. The van der Waals surface area contributed by atoms with Gasteiger partial charge in [-0.3, -0.25) is 4.79 Å². The lowest BCUT2D eigenvalue weighted by Gasteiger charge is -2.06. The third-order valence-electron chi connectivity index (χ3n) is 1.77. The summed E-state index contributed by atoms with van der Waals surface area (Å²) in [7, 11) is 1.52. The molecule has 1 unspecified atom stereocenters. The van der Waals surface area contributed by atoms with Gasteiger partial charge in [0.1, 0.15) is 5.92 Å². The average molecular weight is 174 g/mol. The highest BCUT2D eigenvalue weighted by Crippen LogP contribution is 2.13. The first-order valence-corrected chi connectivity index (χ1v) is 3.95. The molecule has 3 nitrogen and oxygen atoms in total. The Kier molecular flexibility index (Phi) is 3.04. The lowest BCUT2D eigenvalue weighted by atomic mass is 10.0. The predicted octanol–water partition coefficient (Wildman–Crippen LogP) is 1.04. The van der Waals surface area contributed by atoms with Crippen LogP contribution in [0.1, 0.15) is 11.5 Å². The Balaban J connectivity index is 2.93. The maximum atomic E-state index is 11.2. The van der Waals surface area contributed by atoms with Crippen molar-refractivity contribution in [2.45, 2.75) is 5.92 Å². The topological polar surface area (TPSA) is 52.9 Å². The Hall–Kier alpha value is -1.82. The van der Waals surface area contributed by atoms with Crippen LogP contribution >= 0.6 is 0 Å².